The molecule has 0 fully saturated rings. The van der Waals surface area contributed by atoms with Crippen LogP contribution >= 0.6 is 22.6 Å². The highest BCUT2D eigenvalue weighted by Crippen LogP contribution is 2.26. The van der Waals surface area contributed by atoms with Gasteiger partial charge in [-0.3, -0.25) is 0 Å². The first-order valence-corrected chi connectivity index (χ1v) is 8.21. The number of rotatable bonds is 5. The van der Waals surface area contributed by atoms with Crippen molar-refractivity contribution in [3.63, 3.8) is 0 Å². The third-order valence-corrected chi connectivity index (χ3v) is 4.01. The summed E-state index contributed by atoms with van der Waals surface area (Å²) < 4.78 is 1.18. The van der Waals surface area contributed by atoms with Crippen LogP contribution in [0, 0.1) is 3.57 Å². The Hall–Kier alpha value is -2.35. The van der Waals surface area contributed by atoms with Gasteiger partial charge < -0.3 is 16.4 Å². The van der Waals surface area contributed by atoms with Crippen molar-refractivity contribution in [2.75, 3.05) is 16.4 Å². The Morgan fingerprint density at radius 3 is 2.35 bits per heavy atom. The molecule has 0 saturated carbocycles. The minimum atomic E-state index is 0.502. The molecule has 3 aromatic rings. The molecule has 116 valence electrons. The average Bonchev–Trinajstić information content (AvgIpc) is 2.58. The number of hydrogen-bond donors (Lipinski definition) is 3. The zero-order valence-corrected chi connectivity index (χ0v) is 14.5. The SMILES string of the molecule is Nc1c(NCc2ccccc2)ncnc1Nc1ccc(I)cc1. The summed E-state index contributed by atoms with van der Waals surface area (Å²) in [5.41, 5.74) is 8.78. The van der Waals surface area contributed by atoms with Gasteiger partial charge in [-0.05, 0) is 52.4 Å². The van der Waals surface area contributed by atoms with Gasteiger partial charge in [0.25, 0.3) is 0 Å². The van der Waals surface area contributed by atoms with Crippen LogP contribution in [0.1, 0.15) is 5.56 Å². The zero-order valence-electron chi connectivity index (χ0n) is 12.3. The second-order valence-corrected chi connectivity index (χ2v) is 6.20. The van der Waals surface area contributed by atoms with Gasteiger partial charge in [0.2, 0.25) is 0 Å². The normalized spacial score (nSPS) is 10.3. The van der Waals surface area contributed by atoms with E-state index < -0.39 is 0 Å². The van der Waals surface area contributed by atoms with Crippen molar-refractivity contribution in [3.05, 3.63) is 70.1 Å². The molecule has 0 atom stereocenters. The molecule has 23 heavy (non-hydrogen) atoms. The van der Waals surface area contributed by atoms with Crippen LogP contribution in [0.5, 0.6) is 0 Å². The lowest BCUT2D eigenvalue weighted by Crippen LogP contribution is -2.08. The van der Waals surface area contributed by atoms with Crippen LogP contribution in [-0.4, -0.2) is 9.97 Å². The number of nitrogens with zero attached hydrogens (tertiary/aromatic N) is 2. The number of hydrogen-bond acceptors (Lipinski definition) is 5. The van der Waals surface area contributed by atoms with E-state index in [2.05, 4.69) is 55.3 Å². The van der Waals surface area contributed by atoms with Crippen molar-refractivity contribution >= 4 is 45.6 Å². The van der Waals surface area contributed by atoms with E-state index in [1.807, 2.05) is 42.5 Å². The van der Waals surface area contributed by atoms with Gasteiger partial charge in [-0.1, -0.05) is 30.3 Å². The van der Waals surface area contributed by atoms with E-state index in [9.17, 15) is 0 Å². The van der Waals surface area contributed by atoms with Crippen LogP contribution in [0.2, 0.25) is 0 Å². The lowest BCUT2D eigenvalue weighted by atomic mass is 10.2. The Bertz CT molecular complexity index is 775. The van der Waals surface area contributed by atoms with E-state index in [4.69, 9.17) is 5.73 Å². The van der Waals surface area contributed by atoms with E-state index >= 15 is 0 Å². The average molecular weight is 417 g/mol. The third kappa shape index (κ3) is 4.10. The van der Waals surface area contributed by atoms with Gasteiger partial charge >= 0.3 is 0 Å². The summed E-state index contributed by atoms with van der Waals surface area (Å²) in [5.74, 6) is 1.22. The predicted octanol–water partition coefficient (Wildman–Crippen LogP) is 4.02. The number of benzene rings is 2. The Balaban J connectivity index is 1.74. The molecule has 0 saturated heterocycles. The summed E-state index contributed by atoms with van der Waals surface area (Å²) in [6.45, 7) is 0.658. The smallest absolute Gasteiger partial charge is 0.159 e. The molecule has 1 heterocycles. The monoisotopic (exact) mass is 417 g/mol. The summed E-state index contributed by atoms with van der Waals surface area (Å²) >= 11 is 2.27. The highest BCUT2D eigenvalue weighted by molar-refractivity contribution is 14.1. The lowest BCUT2D eigenvalue weighted by molar-refractivity contribution is 1.09. The van der Waals surface area contributed by atoms with Crippen LogP contribution in [0.25, 0.3) is 0 Å². The van der Waals surface area contributed by atoms with E-state index in [0.29, 0.717) is 23.9 Å². The molecule has 0 aliphatic heterocycles. The van der Waals surface area contributed by atoms with Crippen molar-refractivity contribution in [2.24, 2.45) is 0 Å². The molecule has 0 aliphatic carbocycles. The Morgan fingerprint density at radius 2 is 1.61 bits per heavy atom. The Kier molecular flexibility index (Phi) is 4.92. The number of nitrogen functional groups attached to an aromatic ring is 1. The highest BCUT2D eigenvalue weighted by Gasteiger charge is 2.08. The molecule has 1 aromatic heterocycles. The van der Waals surface area contributed by atoms with Crippen molar-refractivity contribution in [1.82, 2.24) is 9.97 Å². The summed E-state index contributed by atoms with van der Waals surface area (Å²) in [4.78, 5) is 8.44. The van der Waals surface area contributed by atoms with E-state index in [-0.39, 0.29) is 0 Å². The summed E-state index contributed by atoms with van der Waals surface area (Å²) in [6, 6.07) is 18.1. The minimum absolute atomic E-state index is 0.502. The largest absolute Gasteiger partial charge is 0.393 e. The Morgan fingerprint density at radius 1 is 0.913 bits per heavy atom. The van der Waals surface area contributed by atoms with E-state index in [1.165, 1.54) is 9.90 Å². The molecular weight excluding hydrogens is 401 g/mol. The first-order valence-electron chi connectivity index (χ1n) is 7.13. The minimum Gasteiger partial charge on any atom is -0.393 e. The molecule has 5 nitrogen and oxygen atoms in total. The van der Waals surface area contributed by atoms with Crippen LogP contribution in [0.3, 0.4) is 0 Å². The maximum absolute atomic E-state index is 6.17. The number of aromatic nitrogens is 2. The van der Waals surface area contributed by atoms with Crippen molar-refractivity contribution in [3.8, 4) is 0 Å². The molecule has 0 radical (unpaired) electrons. The number of anilines is 4. The summed E-state index contributed by atoms with van der Waals surface area (Å²) in [6.07, 6.45) is 1.50. The summed E-state index contributed by atoms with van der Waals surface area (Å²) in [5, 5.41) is 6.47. The third-order valence-electron chi connectivity index (χ3n) is 3.29. The molecule has 0 aliphatic rings. The van der Waals surface area contributed by atoms with Crippen LogP contribution in [0.4, 0.5) is 23.0 Å². The van der Waals surface area contributed by atoms with Crippen LogP contribution in [0.15, 0.2) is 60.9 Å². The highest BCUT2D eigenvalue weighted by atomic mass is 127. The van der Waals surface area contributed by atoms with Gasteiger partial charge in [-0.25, -0.2) is 9.97 Å². The first-order chi connectivity index (χ1) is 11.2. The molecule has 4 N–H and O–H groups in total. The first kappa shape index (κ1) is 15.5. The molecule has 0 spiro atoms. The topological polar surface area (TPSA) is 75.9 Å². The molecule has 0 bridgehead atoms. The van der Waals surface area contributed by atoms with Gasteiger partial charge in [0.05, 0.1) is 0 Å². The van der Waals surface area contributed by atoms with Crippen molar-refractivity contribution < 1.29 is 0 Å². The van der Waals surface area contributed by atoms with Gasteiger partial charge in [0.1, 0.15) is 12.0 Å². The summed E-state index contributed by atoms with van der Waals surface area (Å²) in [7, 11) is 0. The van der Waals surface area contributed by atoms with Crippen LogP contribution < -0.4 is 16.4 Å². The molecular formula is C17H16IN5. The molecule has 0 amide bonds. The van der Waals surface area contributed by atoms with E-state index in [1.54, 1.807) is 0 Å². The molecule has 3 rings (SSSR count). The molecule has 0 unspecified atom stereocenters. The second kappa shape index (κ2) is 7.28. The number of nitrogens with one attached hydrogen (secondary N) is 2. The maximum Gasteiger partial charge on any atom is 0.159 e. The van der Waals surface area contributed by atoms with E-state index in [0.717, 1.165) is 11.3 Å². The standard InChI is InChI=1S/C17H16IN5/c18-13-6-8-14(9-7-13)23-17-15(19)16(21-11-22-17)20-10-12-4-2-1-3-5-12/h1-9,11H,10,19H2,(H2,20,21,22,23). The Labute approximate surface area is 148 Å². The number of nitrogens with two attached hydrogens (primary N) is 1. The van der Waals surface area contributed by atoms with Gasteiger partial charge in [-0.15, -0.1) is 0 Å². The van der Waals surface area contributed by atoms with Crippen molar-refractivity contribution in [1.29, 1.82) is 0 Å². The predicted molar refractivity (Wildman–Crippen MR) is 103 cm³/mol. The molecule has 2 aromatic carbocycles. The maximum atomic E-state index is 6.17. The number of halogens is 1. The van der Waals surface area contributed by atoms with Gasteiger partial charge in [-0.2, -0.15) is 0 Å². The quantitative estimate of drug-likeness (QED) is 0.547. The van der Waals surface area contributed by atoms with Gasteiger partial charge in [0.15, 0.2) is 11.6 Å². The fourth-order valence-electron chi connectivity index (χ4n) is 2.09. The zero-order chi connectivity index (χ0) is 16.1. The lowest BCUT2D eigenvalue weighted by Gasteiger charge is -2.12. The van der Waals surface area contributed by atoms with Gasteiger partial charge in [0, 0.05) is 15.8 Å². The van der Waals surface area contributed by atoms with Crippen LogP contribution in [-0.2, 0) is 6.54 Å². The second-order valence-electron chi connectivity index (χ2n) is 4.96. The molecule has 6 heteroatoms. The fourth-order valence-corrected chi connectivity index (χ4v) is 2.45. The fraction of sp³-hybridized carbons (Fsp3) is 0.0588. The van der Waals surface area contributed by atoms with Crippen molar-refractivity contribution in [2.45, 2.75) is 6.54 Å².